The van der Waals surface area contributed by atoms with E-state index in [2.05, 4.69) is 15.5 Å². The second-order valence-electron chi connectivity index (χ2n) is 4.17. The molecule has 0 unspecified atom stereocenters. The first-order chi connectivity index (χ1) is 10.1. The summed E-state index contributed by atoms with van der Waals surface area (Å²) in [5.74, 6) is -0.904. The zero-order chi connectivity index (χ0) is 15.0. The smallest absolute Gasteiger partial charge is 0.267 e. The van der Waals surface area contributed by atoms with E-state index in [0.717, 1.165) is 17.4 Å². The van der Waals surface area contributed by atoms with Crippen LogP contribution in [0.3, 0.4) is 0 Å². The molecule has 5 nitrogen and oxygen atoms in total. The van der Waals surface area contributed by atoms with Crippen molar-refractivity contribution in [2.75, 3.05) is 11.1 Å². The van der Waals surface area contributed by atoms with Crippen LogP contribution >= 0.6 is 22.9 Å². The predicted molar refractivity (Wildman–Crippen MR) is 81.2 cm³/mol. The van der Waals surface area contributed by atoms with E-state index in [1.165, 1.54) is 18.3 Å². The third-order valence-corrected chi connectivity index (χ3v) is 4.22. The molecule has 0 spiro atoms. The van der Waals surface area contributed by atoms with Crippen molar-refractivity contribution in [2.45, 2.75) is 0 Å². The molecule has 3 aromatic rings. The van der Waals surface area contributed by atoms with E-state index in [1.54, 1.807) is 6.07 Å². The second kappa shape index (κ2) is 5.27. The lowest BCUT2D eigenvalue weighted by molar-refractivity contribution is 0.103. The Bertz CT molecular complexity index is 851. The Labute approximate surface area is 127 Å². The summed E-state index contributed by atoms with van der Waals surface area (Å²) in [7, 11) is 0. The van der Waals surface area contributed by atoms with Gasteiger partial charge in [-0.25, -0.2) is 4.39 Å². The minimum atomic E-state index is -0.477. The summed E-state index contributed by atoms with van der Waals surface area (Å²) in [6.07, 6.45) is 1.50. The first-order valence-corrected chi connectivity index (χ1v) is 7.02. The van der Waals surface area contributed by atoms with Crippen LogP contribution in [0, 0.1) is 5.82 Å². The second-order valence-corrected chi connectivity index (χ2v) is 5.58. The van der Waals surface area contributed by atoms with Crippen molar-refractivity contribution in [1.29, 1.82) is 0 Å². The highest BCUT2D eigenvalue weighted by molar-refractivity contribution is 7.21. The van der Waals surface area contributed by atoms with Gasteiger partial charge < -0.3 is 11.1 Å². The third kappa shape index (κ3) is 2.53. The Morgan fingerprint density at radius 3 is 2.90 bits per heavy atom. The molecule has 0 aliphatic rings. The minimum absolute atomic E-state index is 0.114. The van der Waals surface area contributed by atoms with Crippen LogP contribution in [0.25, 0.3) is 10.2 Å². The van der Waals surface area contributed by atoms with Crippen molar-refractivity contribution in [2.24, 2.45) is 0 Å². The maximum Gasteiger partial charge on any atom is 0.267 e. The number of nitrogens with two attached hydrogens (primary N) is 1. The van der Waals surface area contributed by atoms with E-state index in [9.17, 15) is 9.18 Å². The van der Waals surface area contributed by atoms with Gasteiger partial charge in [0.2, 0.25) is 0 Å². The van der Waals surface area contributed by atoms with Crippen LogP contribution < -0.4 is 11.1 Å². The van der Waals surface area contributed by atoms with Gasteiger partial charge >= 0.3 is 0 Å². The van der Waals surface area contributed by atoms with Gasteiger partial charge in [-0.05, 0) is 24.3 Å². The molecule has 0 fully saturated rings. The van der Waals surface area contributed by atoms with E-state index >= 15 is 0 Å². The van der Waals surface area contributed by atoms with Crippen molar-refractivity contribution in [1.82, 2.24) is 10.2 Å². The number of benzene rings is 1. The Kier molecular flexibility index (Phi) is 3.44. The lowest BCUT2D eigenvalue weighted by Gasteiger charge is -2.06. The van der Waals surface area contributed by atoms with Crippen molar-refractivity contribution >= 4 is 50.4 Å². The van der Waals surface area contributed by atoms with E-state index in [1.807, 2.05) is 0 Å². The fraction of sp³-hybridized carbons (Fsp3) is 0. The van der Waals surface area contributed by atoms with Gasteiger partial charge in [-0.1, -0.05) is 11.6 Å². The van der Waals surface area contributed by atoms with Crippen molar-refractivity contribution in [3.63, 3.8) is 0 Å². The molecule has 0 bridgehead atoms. The first kappa shape index (κ1) is 13.7. The molecule has 0 saturated carbocycles. The highest BCUT2D eigenvalue weighted by Gasteiger charge is 2.18. The summed E-state index contributed by atoms with van der Waals surface area (Å²) in [6.45, 7) is 0. The van der Waals surface area contributed by atoms with Gasteiger partial charge in [0, 0.05) is 5.39 Å². The number of anilines is 2. The maximum absolute atomic E-state index is 13.0. The van der Waals surface area contributed by atoms with Crippen LogP contribution in [0.5, 0.6) is 0 Å². The summed E-state index contributed by atoms with van der Waals surface area (Å²) in [5, 5.41) is 11.0. The van der Waals surface area contributed by atoms with Crippen LogP contribution in [0.15, 0.2) is 30.5 Å². The molecule has 2 aromatic heterocycles. The summed E-state index contributed by atoms with van der Waals surface area (Å²) in [5.41, 5.74) is 6.59. The van der Waals surface area contributed by atoms with E-state index in [0.29, 0.717) is 26.5 Å². The largest absolute Gasteiger partial charge is 0.397 e. The summed E-state index contributed by atoms with van der Waals surface area (Å²) < 4.78 is 13.0. The zero-order valence-electron chi connectivity index (χ0n) is 10.4. The Morgan fingerprint density at radius 1 is 1.38 bits per heavy atom. The van der Waals surface area contributed by atoms with Gasteiger partial charge in [0.25, 0.3) is 5.91 Å². The number of hydrogen-bond acceptors (Lipinski definition) is 5. The number of carbonyl (C=O) groups is 1. The van der Waals surface area contributed by atoms with Crippen LogP contribution in [0.1, 0.15) is 9.67 Å². The quantitative estimate of drug-likeness (QED) is 0.758. The molecular formula is C13H8ClFN4OS. The molecule has 0 saturated heterocycles. The van der Waals surface area contributed by atoms with Gasteiger partial charge in [0.1, 0.15) is 15.5 Å². The number of amides is 1. The monoisotopic (exact) mass is 322 g/mol. The molecule has 3 rings (SSSR count). The molecule has 2 heterocycles. The van der Waals surface area contributed by atoms with Crippen LogP contribution in [0.2, 0.25) is 5.02 Å². The fourth-order valence-corrected chi connectivity index (χ4v) is 2.96. The van der Waals surface area contributed by atoms with Crippen molar-refractivity contribution in [3.8, 4) is 0 Å². The standard InChI is InChI=1S/C13H8ClFN4OS/c14-8-5-6(15)1-2-9(8)18-12(20)11-10(16)7-3-4-17-19-13(7)21-11/h1-5H,16H2,(H,18,20). The third-order valence-electron chi connectivity index (χ3n) is 2.81. The number of carbonyl (C=O) groups excluding carboxylic acids is 1. The number of nitrogens with zero attached hydrogens (tertiary/aromatic N) is 2. The number of rotatable bonds is 2. The highest BCUT2D eigenvalue weighted by Crippen LogP contribution is 2.32. The number of nitrogens with one attached hydrogen (secondary N) is 1. The molecule has 0 atom stereocenters. The van der Waals surface area contributed by atoms with Gasteiger partial charge in [-0.3, -0.25) is 4.79 Å². The lowest BCUT2D eigenvalue weighted by atomic mass is 10.2. The maximum atomic E-state index is 13.0. The number of hydrogen-bond donors (Lipinski definition) is 2. The average Bonchev–Trinajstić information content (AvgIpc) is 2.80. The average molecular weight is 323 g/mol. The molecule has 0 radical (unpaired) electrons. The molecule has 3 N–H and O–H groups in total. The van der Waals surface area contributed by atoms with Gasteiger partial charge in [-0.15, -0.1) is 16.4 Å². The first-order valence-electron chi connectivity index (χ1n) is 5.82. The van der Waals surface area contributed by atoms with Gasteiger partial charge in [0.15, 0.2) is 0 Å². The number of thiophene rings is 1. The van der Waals surface area contributed by atoms with E-state index in [4.69, 9.17) is 17.3 Å². The number of aromatic nitrogens is 2. The van der Waals surface area contributed by atoms with Gasteiger partial charge in [-0.2, -0.15) is 5.10 Å². The van der Waals surface area contributed by atoms with Crippen LogP contribution in [-0.4, -0.2) is 16.1 Å². The van der Waals surface area contributed by atoms with Crippen LogP contribution in [-0.2, 0) is 0 Å². The molecular weight excluding hydrogens is 315 g/mol. The van der Waals surface area contributed by atoms with Gasteiger partial charge in [0.05, 0.1) is 22.6 Å². The number of nitrogen functional groups attached to an aromatic ring is 1. The molecule has 106 valence electrons. The molecule has 8 heteroatoms. The SMILES string of the molecule is Nc1c(C(=O)Nc2ccc(F)cc2Cl)sc2nnccc12. The molecule has 1 amide bonds. The highest BCUT2D eigenvalue weighted by atomic mass is 35.5. The Morgan fingerprint density at radius 2 is 2.19 bits per heavy atom. The number of fused-ring (bicyclic) bond motifs is 1. The Hall–Kier alpha value is -2.25. The normalized spacial score (nSPS) is 10.8. The lowest BCUT2D eigenvalue weighted by Crippen LogP contribution is -2.12. The van der Waals surface area contributed by atoms with E-state index < -0.39 is 11.7 Å². The van der Waals surface area contributed by atoms with Crippen LogP contribution in [0.4, 0.5) is 15.8 Å². The predicted octanol–water partition coefficient (Wildman–Crippen LogP) is 3.32. The summed E-state index contributed by atoms with van der Waals surface area (Å²) in [6, 6.07) is 5.41. The minimum Gasteiger partial charge on any atom is -0.397 e. The number of halogens is 2. The molecule has 0 aliphatic heterocycles. The van der Waals surface area contributed by atoms with Crippen molar-refractivity contribution in [3.05, 3.63) is 46.2 Å². The molecule has 21 heavy (non-hydrogen) atoms. The summed E-state index contributed by atoms with van der Waals surface area (Å²) in [4.78, 5) is 13.1. The topological polar surface area (TPSA) is 80.9 Å². The zero-order valence-corrected chi connectivity index (χ0v) is 12.0. The fourth-order valence-electron chi connectivity index (χ4n) is 1.81. The molecule has 1 aromatic carbocycles. The van der Waals surface area contributed by atoms with Crippen molar-refractivity contribution < 1.29 is 9.18 Å². The Balaban J connectivity index is 1.95. The van der Waals surface area contributed by atoms with E-state index in [-0.39, 0.29) is 5.02 Å². The molecule has 0 aliphatic carbocycles. The summed E-state index contributed by atoms with van der Waals surface area (Å²) >= 11 is 7.01.